The summed E-state index contributed by atoms with van der Waals surface area (Å²) < 4.78 is 10.0. The molecule has 2 N–H and O–H groups in total. The van der Waals surface area contributed by atoms with Gasteiger partial charge in [0, 0.05) is 26.4 Å². The Balaban J connectivity index is 2.77. The topological polar surface area (TPSA) is 44.5 Å². The second kappa shape index (κ2) is 6.99. The molecule has 0 unspecified atom stereocenters. The molecule has 0 aromatic carbocycles. The molecule has 0 radical (unpaired) electrons. The van der Waals surface area contributed by atoms with Crippen LogP contribution >= 0.6 is 0 Å². The van der Waals surface area contributed by atoms with Crippen molar-refractivity contribution in [1.82, 2.24) is 0 Å². The van der Waals surface area contributed by atoms with Gasteiger partial charge in [-0.25, -0.2) is 0 Å². The van der Waals surface area contributed by atoms with Crippen LogP contribution in [0.15, 0.2) is 0 Å². The lowest BCUT2D eigenvalue weighted by Gasteiger charge is -2.05. The van der Waals surface area contributed by atoms with Crippen LogP contribution in [0.25, 0.3) is 0 Å². The molecular formula is C7H17NO2. The maximum absolute atomic E-state index is 5.45. The lowest BCUT2D eigenvalue weighted by molar-refractivity contribution is 0.0965. The molecule has 0 bridgehead atoms. The van der Waals surface area contributed by atoms with Crippen molar-refractivity contribution in [2.24, 2.45) is 5.73 Å². The van der Waals surface area contributed by atoms with Crippen LogP contribution in [0.2, 0.25) is 0 Å². The fourth-order valence-corrected chi connectivity index (χ4v) is 0.575. The van der Waals surface area contributed by atoms with Gasteiger partial charge in [-0.05, 0) is 13.3 Å². The summed E-state index contributed by atoms with van der Waals surface area (Å²) in [5.41, 5.74) is 5.45. The quantitative estimate of drug-likeness (QED) is 0.553. The van der Waals surface area contributed by atoms with Gasteiger partial charge in [-0.3, -0.25) is 0 Å². The molecule has 0 saturated heterocycles. The summed E-state index contributed by atoms with van der Waals surface area (Å²) in [6.45, 7) is 4.08. The molecule has 0 rings (SSSR count). The van der Waals surface area contributed by atoms with E-state index in [1.54, 1.807) is 7.11 Å². The summed E-state index contributed by atoms with van der Waals surface area (Å²) in [7, 11) is 1.69. The minimum atomic E-state index is 0.141. The molecule has 0 amide bonds. The van der Waals surface area contributed by atoms with Crippen LogP contribution in [-0.2, 0) is 9.47 Å². The van der Waals surface area contributed by atoms with E-state index in [4.69, 9.17) is 15.2 Å². The third kappa shape index (κ3) is 7.88. The van der Waals surface area contributed by atoms with E-state index in [1.165, 1.54) is 0 Å². The Bertz CT molecular complexity index is 66.6. The molecule has 3 nitrogen and oxygen atoms in total. The van der Waals surface area contributed by atoms with Crippen LogP contribution in [0.4, 0.5) is 0 Å². The van der Waals surface area contributed by atoms with E-state index in [0.29, 0.717) is 6.61 Å². The van der Waals surface area contributed by atoms with E-state index in [0.717, 1.165) is 19.6 Å². The second-order valence-electron chi connectivity index (χ2n) is 2.40. The van der Waals surface area contributed by atoms with Crippen molar-refractivity contribution >= 4 is 0 Å². The van der Waals surface area contributed by atoms with E-state index in [9.17, 15) is 0 Å². The minimum Gasteiger partial charge on any atom is -0.385 e. The highest BCUT2D eigenvalue weighted by Gasteiger charge is 1.92. The van der Waals surface area contributed by atoms with Crippen molar-refractivity contribution in [3.8, 4) is 0 Å². The molecule has 62 valence electrons. The Kier molecular flexibility index (Phi) is 6.91. The highest BCUT2D eigenvalue weighted by atomic mass is 16.5. The Labute approximate surface area is 62.5 Å². The van der Waals surface area contributed by atoms with Gasteiger partial charge in [-0.15, -0.1) is 0 Å². The number of hydrogen-bond donors (Lipinski definition) is 1. The molecule has 0 aromatic heterocycles. The molecule has 10 heavy (non-hydrogen) atoms. The summed E-state index contributed by atoms with van der Waals surface area (Å²) in [5, 5.41) is 0. The first-order chi connectivity index (χ1) is 4.77. The van der Waals surface area contributed by atoms with Crippen LogP contribution in [0.1, 0.15) is 13.3 Å². The van der Waals surface area contributed by atoms with Gasteiger partial charge in [0.2, 0.25) is 0 Å². The van der Waals surface area contributed by atoms with Crippen molar-refractivity contribution < 1.29 is 9.47 Å². The normalized spacial score (nSPS) is 13.5. The van der Waals surface area contributed by atoms with Gasteiger partial charge in [-0.2, -0.15) is 0 Å². The van der Waals surface area contributed by atoms with Gasteiger partial charge in [0.25, 0.3) is 0 Å². The summed E-state index contributed by atoms with van der Waals surface area (Å²) in [6.07, 6.45) is 0.948. The standard InChI is InChI=1S/C7H17NO2/c1-7(8)6-10-5-3-4-9-2/h7H,3-6,8H2,1-2H3/t7-/m0/s1. The summed E-state index contributed by atoms with van der Waals surface area (Å²) in [4.78, 5) is 0. The van der Waals surface area contributed by atoms with Crippen LogP contribution < -0.4 is 5.73 Å². The molecule has 0 aliphatic heterocycles. The molecule has 3 heteroatoms. The lowest BCUT2D eigenvalue weighted by Crippen LogP contribution is -2.22. The zero-order valence-corrected chi connectivity index (χ0v) is 6.80. The van der Waals surface area contributed by atoms with Gasteiger partial charge in [0.15, 0.2) is 0 Å². The number of ether oxygens (including phenoxy) is 2. The van der Waals surface area contributed by atoms with Crippen molar-refractivity contribution in [3.63, 3.8) is 0 Å². The predicted molar refractivity (Wildman–Crippen MR) is 41.0 cm³/mol. The number of nitrogens with two attached hydrogens (primary N) is 1. The van der Waals surface area contributed by atoms with Gasteiger partial charge in [-0.1, -0.05) is 0 Å². The monoisotopic (exact) mass is 147 g/mol. The first kappa shape index (κ1) is 9.88. The van der Waals surface area contributed by atoms with E-state index in [2.05, 4.69) is 0 Å². The molecule has 0 aliphatic carbocycles. The van der Waals surface area contributed by atoms with E-state index >= 15 is 0 Å². The first-order valence-electron chi connectivity index (χ1n) is 3.59. The Morgan fingerprint density at radius 2 is 2.10 bits per heavy atom. The van der Waals surface area contributed by atoms with Gasteiger partial charge in [0.05, 0.1) is 6.61 Å². The zero-order valence-electron chi connectivity index (χ0n) is 6.80. The summed E-state index contributed by atoms with van der Waals surface area (Å²) in [5.74, 6) is 0. The molecule has 0 heterocycles. The second-order valence-corrected chi connectivity index (χ2v) is 2.40. The third-order valence-corrected chi connectivity index (χ3v) is 1.02. The zero-order chi connectivity index (χ0) is 7.82. The minimum absolute atomic E-state index is 0.141. The van der Waals surface area contributed by atoms with Crippen LogP contribution in [0.5, 0.6) is 0 Å². The van der Waals surface area contributed by atoms with Crippen LogP contribution in [0.3, 0.4) is 0 Å². The van der Waals surface area contributed by atoms with Crippen molar-refractivity contribution in [2.75, 3.05) is 26.9 Å². The van der Waals surface area contributed by atoms with Crippen molar-refractivity contribution in [1.29, 1.82) is 0 Å². The Hall–Kier alpha value is -0.120. The maximum Gasteiger partial charge on any atom is 0.0614 e. The maximum atomic E-state index is 5.45. The van der Waals surface area contributed by atoms with E-state index in [1.807, 2.05) is 6.92 Å². The molecule has 0 aliphatic rings. The number of rotatable bonds is 6. The fraction of sp³-hybridized carbons (Fsp3) is 1.00. The lowest BCUT2D eigenvalue weighted by atomic mass is 10.4. The number of methoxy groups -OCH3 is 1. The smallest absolute Gasteiger partial charge is 0.0614 e. The van der Waals surface area contributed by atoms with Crippen molar-refractivity contribution in [3.05, 3.63) is 0 Å². The van der Waals surface area contributed by atoms with E-state index < -0.39 is 0 Å². The number of hydrogen-bond acceptors (Lipinski definition) is 3. The largest absolute Gasteiger partial charge is 0.385 e. The molecular weight excluding hydrogens is 130 g/mol. The molecule has 0 saturated carbocycles. The fourth-order valence-electron chi connectivity index (χ4n) is 0.575. The van der Waals surface area contributed by atoms with Gasteiger partial charge in [0.1, 0.15) is 0 Å². The summed E-state index contributed by atoms with van der Waals surface area (Å²) in [6, 6.07) is 0.141. The average Bonchev–Trinajstić information content (AvgIpc) is 1.87. The first-order valence-corrected chi connectivity index (χ1v) is 3.59. The SMILES string of the molecule is COCCCOC[C@H](C)N. The molecule has 0 aromatic rings. The molecule has 0 fully saturated rings. The Morgan fingerprint density at radius 1 is 1.40 bits per heavy atom. The third-order valence-electron chi connectivity index (χ3n) is 1.02. The van der Waals surface area contributed by atoms with Crippen LogP contribution in [0, 0.1) is 0 Å². The highest BCUT2D eigenvalue weighted by Crippen LogP contribution is 1.84. The predicted octanol–water partition coefficient (Wildman–Crippen LogP) is 0.387. The average molecular weight is 147 g/mol. The van der Waals surface area contributed by atoms with Gasteiger partial charge < -0.3 is 15.2 Å². The van der Waals surface area contributed by atoms with E-state index in [-0.39, 0.29) is 6.04 Å². The van der Waals surface area contributed by atoms with Crippen molar-refractivity contribution in [2.45, 2.75) is 19.4 Å². The van der Waals surface area contributed by atoms with Gasteiger partial charge >= 0.3 is 0 Å². The molecule has 1 atom stereocenters. The Morgan fingerprint density at radius 3 is 2.60 bits per heavy atom. The molecule has 0 spiro atoms. The summed E-state index contributed by atoms with van der Waals surface area (Å²) >= 11 is 0. The highest BCUT2D eigenvalue weighted by molar-refractivity contribution is 4.48. The van der Waals surface area contributed by atoms with Crippen LogP contribution in [-0.4, -0.2) is 33.0 Å².